The molecule has 2 aromatic rings. The number of nitrogens with zero attached hydrogens (tertiary/aromatic N) is 1. The summed E-state index contributed by atoms with van der Waals surface area (Å²) in [4.78, 5) is 26.4. The van der Waals surface area contributed by atoms with Crippen LogP contribution in [0, 0.1) is 12.8 Å². The number of anilines is 2. The third-order valence-corrected chi connectivity index (χ3v) is 4.72. The molecule has 1 heterocycles. The highest BCUT2D eigenvalue weighted by molar-refractivity contribution is 9.10. The fourth-order valence-corrected chi connectivity index (χ4v) is 3.27. The Bertz CT molecular complexity index is 807. The SMILES string of the molecule is Cc1ccc(O)c(NC(=O)C2CC(=O)N(c3ccccc3Br)C2)c1. The molecule has 0 bridgehead atoms. The van der Waals surface area contributed by atoms with E-state index in [2.05, 4.69) is 21.2 Å². The van der Waals surface area contributed by atoms with Gasteiger partial charge >= 0.3 is 0 Å². The summed E-state index contributed by atoms with van der Waals surface area (Å²) in [6.45, 7) is 2.20. The summed E-state index contributed by atoms with van der Waals surface area (Å²) in [5.41, 5.74) is 2.06. The van der Waals surface area contributed by atoms with Gasteiger partial charge in [0.25, 0.3) is 0 Å². The molecule has 3 rings (SSSR count). The van der Waals surface area contributed by atoms with Crippen LogP contribution < -0.4 is 10.2 Å². The van der Waals surface area contributed by atoms with Gasteiger partial charge < -0.3 is 15.3 Å². The molecule has 1 fully saturated rings. The molecule has 1 atom stereocenters. The Morgan fingerprint density at radius 2 is 2.04 bits per heavy atom. The minimum Gasteiger partial charge on any atom is -0.506 e. The van der Waals surface area contributed by atoms with E-state index >= 15 is 0 Å². The zero-order valence-corrected chi connectivity index (χ0v) is 14.7. The summed E-state index contributed by atoms with van der Waals surface area (Å²) in [5, 5.41) is 12.6. The number of carbonyl (C=O) groups excluding carboxylic acids is 2. The second kappa shape index (κ2) is 6.65. The van der Waals surface area contributed by atoms with Crippen LogP contribution in [-0.2, 0) is 9.59 Å². The number of aryl methyl sites for hydroxylation is 1. The van der Waals surface area contributed by atoms with Gasteiger partial charge in [-0.1, -0.05) is 18.2 Å². The maximum atomic E-state index is 12.5. The lowest BCUT2D eigenvalue weighted by molar-refractivity contribution is -0.122. The Hall–Kier alpha value is -2.34. The van der Waals surface area contributed by atoms with Crippen LogP contribution >= 0.6 is 15.9 Å². The molecular weight excluding hydrogens is 372 g/mol. The maximum absolute atomic E-state index is 12.5. The zero-order chi connectivity index (χ0) is 17.3. The largest absolute Gasteiger partial charge is 0.506 e. The third kappa shape index (κ3) is 3.28. The molecule has 0 saturated carbocycles. The maximum Gasteiger partial charge on any atom is 0.229 e. The van der Waals surface area contributed by atoms with Gasteiger partial charge in [-0.15, -0.1) is 0 Å². The fourth-order valence-electron chi connectivity index (χ4n) is 2.77. The molecule has 1 saturated heterocycles. The normalized spacial score (nSPS) is 17.2. The van der Waals surface area contributed by atoms with Gasteiger partial charge in [-0.25, -0.2) is 0 Å². The Kier molecular flexibility index (Phi) is 4.57. The van der Waals surface area contributed by atoms with Crippen molar-refractivity contribution in [3.05, 3.63) is 52.5 Å². The van der Waals surface area contributed by atoms with E-state index in [1.165, 1.54) is 6.07 Å². The first-order valence-corrected chi connectivity index (χ1v) is 8.40. The summed E-state index contributed by atoms with van der Waals surface area (Å²) in [6, 6.07) is 12.4. The summed E-state index contributed by atoms with van der Waals surface area (Å²) in [7, 11) is 0. The summed E-state index contributed by atoms with van der Waals surface area (Å²) in [6.07, 6.45) is 0.153. The Morgan fingerprint density at radius 3 is 2.79 bits per heavy atom. The van der Waals surface area contributed by atoms with Crippen LogP contribution in [0.15, 0.2) is 46.9 Å². The molecular formula is C18H17BrN2O3. The summed E-state index contributed by atoms with van der Waals surface area (Å²) < 4.78 is 0.815. The first-order chi connectivity index (χ1) is 11.5. The fraction of sp³-hybridized carbons (Fsp3) is 0.222. The molecule has 0 spiro atoms. The molecule has 1 aliphatic heterocycles. The van der Waals surface area contributed by atoms with Crippen LogP contribution in [0.5, 0.6) is 5.75 Å². The highest BCUT2D eigenvalue weighted by atomic mass is 79.9. The van der Waals surface area contributed by atoms with Crippen LogP contribution in [0.4, 0.5) is 11.4 Å². The summed E-state index contributed by atoms with van der Waals surface area (Å²) >= 11 is 3.43. The molecule has 0 aromatic heterocycles. The molecule has 5 nitrogen and oxygen atoms in total. The highest BCUT2D eigenvalue weighted by Gasteiger charge is 2.36. The minimum absolute atomic E-state index is 0.0148. The predicted octanol–water partition coefficient (Wildman–Crippen LogP) is 3.45. The van der Waals surface area contributed by atoms with Gasteiger partial charge in [0.2, 0.25) is 11.8 Å². The number of phenols is 1. The average Bonchev–Trinajstić information content (AvgIpc) is 2.93. The number of hydrogen-bond acceptors (Lipinski definition) is 3. The highest BCUT2D eigenvalue weighted by Crippen LogP contribution is 2.32. The molecule has 6 heteroatoms. The van der Waals surface area contributed by atoms with Crippen LogP contribution in [0.1, 0.15) is 12.0 Å². The van der Waals surface area contributed by atoms with Crippen LogP contribution in [-0.4, -0.2) is 23.5 Å². The molecule has 124 valence electrons. The number of rotatable bonds is 3. The number of halogens is 1. The second-order valence-corrected chi connectivity index (χ2v) is 6.72. The Labute approximate surface area is 148 Å². The Balaban J connectivity index is 1.75. The number of hydrogen-bond donors (Lipinski definition) is 2. The standard InChI is InChI=1S/C18H17BrN2O3/c1-11-6-7-16(22)14(8-11)20-18(24)12-9-17(23)21(10-12)15-5-3-2-4-13(15)19/h2-8,12,22H,9-10H2,1H3,(H,20,24). The van der Waals surface area contributed by atoms with E-state index in [0.29, 0.717) is 12.2 Å². The van der Waals surface area contributed by atoms with Gasteiger partial charge in [0, 0.05) is 17.4 Å². The van der Waals surface area contributed by atoms with Crippen molar-refractivity contribution in [1.82, 2.24) is 0 Å². The van der Waals surface area contributed by atoms with E-state index in [1.54, 1.807) is 17.0 Å². The number of benzene rings is 2. The topological polar surface area (TPSA) is 69.6 Å². The van der Waals surface area contributed by atoms with Crippen molar-refractivity contribution >= 4 is 39.1 Å². The van der Waals surface area contributed by atoms with E-state index in [-0.39, 0.29) is 24.0 Å². The lowest BCUT2D eigenvalue weighted by atomic mass is 10.1. The Morgan fingerprint density at radius 1 is 1.29 bits per heavy atom. The van der Waals surface area contributed by atoms with Crippen LogP contribution in [0.3, 0.4) is 0 Å². The predicted molar refractivity (Wildman–Crippen MR) is 96.1 cm³/mol. The van der Waals surface area contributed by atoms with Gasteiger partial charge in [0.05, 0.1) is 17.3 Å². The van der Waals surface area contributed by atoms with Crippen LogP contribution in [0.25, 0.3) is 0 Å². The number of nitrogens with one attached hydrogen (secondary N) is 1. The van der Waals surface area contributed by atoms with Crippen molar-refractivity contribution in [3.8, 4) is 5.75 Å². The first-order valence-electron chi connectivity index (χ1n) is 7.61. The van der Waals surface area contributed by atoms with Crippen LogP contribution in [0.2, 0.25) is 0 Å². The molecule has 1 unspecified atom stereocenters. The molecule has 2 amide bonds. The van der Waals surface area contributed by atoms with Crippen molar-refractivity contribution in [2.45, 2.75) is 13.3 Å². The number of amides is 2. The van der Waals surface area contributed by atoms with Gasteiger partial charge in [-0.3, -0.25) is 9.59 Å². The van der Waals surface area contributed by atoms with Gasteiger partial charge in [0.15, 0.2) is 0 Å². The van der Waals surface area contributed by atoms with E-state index in [9.17, 15) is 14.7 Å². The number of para-hydroxylation sites is 1. The minimum atomic E-state index is -0.454. The molecule has 2 N–H and O–H groups in total. The van der Waals surface area contributed by atoms with Gasteiger partial charge in [0.1, 0.15) is 5.75 Å². The smallest absolute Gasteiger partial charge is 0.229 e. The van der Waals surface area contributed by atoms with E-state index in [1.807, 2.05) is 31.2 Å². The van der Waals surface area contributed by atoms with Crippen molar-refractivity contribution in [1.29, 1.82) is 0 Å². The van der Waals surface area contributed by atoms with E-state index < -0.39 is 5.92 Å². The molecule has 0 radical (unpaired) electrons. The van der Waals surface area contributed by atoms with Crippen molar-refractivity contribution in [2.75, 3.05) is 16.8 Å². The van der Waals surface area contributed by atoms with E-state index in [0.717, 1.165) is 15.7 Å². The quantitative estimate of drug-likeness (QED) is 0.791. The van der Waals surface area contributed by atoms with Crippen molar-refractivity contribution in [2.24, 2.45) is 5.92 Å². The number of carbonyl (C=O) groups is 2. The molecule has 1 aliphatic rings. The first kappa shape index (κ1) is 16.5. The van der Waals surface area contributed by atoms with Gasteiger partial charge in [-0.05, 0) is 52.7 Å². The molecule has 24 heavy (non-hydrogen) atoms. The van der Waals surface area contributed by atoms with Crippen molar-refractivity contribution < 1.29 is 14.7 Å². The number of phenolic OH excluding ortho intramolecular Hbond substituents is 1. The third-order valence-electron chi connectivity index (χ3n) is 4.05. The molecule has 0 aliphatic carbocycles. The molecule has 2 aromatic carbocycles. The average molecular weight is 389 g/mol. The summed E-state index contributed by atoms with van der Waals surface area (Å²) in [5.74, 6) is -0.792. The lowest BCUT2D eigenvalue weighted by Crippen LogP contribution is -2.28. The number of aromatic hydroxyl groups is 1. The monoisotopic (exact) mass is 388 g/mol. The lowest BCUT2D eigenvalue weighted by Gasteiger charge is -2.18. The van der Waals surface area contributed by atoms with Gasteiger partial charge in [-0.2, -0.15) is 0 Å². The zero-order valence-electron chi connectivity index (χ0n) is 13.1. The van der Waals surface area contributed by atoms with E-state index in [4.69, 9.17) is 0 Å². The van der Waals surface area contributed by atoms with Crippen molar-refractivity contribution in [3.63, 3.8) is 0 Å². The second-order valence-electron chi connectivity index (χ2n) is 5.87.